The van der Waals surface area contributed by atoms with Gasteiger partial charge in [0.2, 0.25) is 0 Å². The summed E-state index contributed by atoms with van der Waals surface area (Å²) in [6.45, 7) is 5.01. The van der Waals surface area contributed by atoms with Gasteiger partial charge in [0.15, 0.2) is 0 Å². The summed E-state index contributed by atoms with van der Waals surface area (Å²) in [5.74, 6) is 0.279. The van der Waals surface area contributed by atoms with E-state index in [0.717, 1.165) is 6.42 Å². The maximum atomic E-state index is 12.7. The third kappa shape index (κ3) is 5.02. The zero-order valence-corrected chi connectivity index (χ0v) is 11.3. The number of benzene rings is 1. The molecule has 18 heavy (non-hydrogen) atoms. The lowest BCUT2D eigenvalue weighted by Gasteiger charge is -2.26. The van der Waals surface area contributed by atoms with E-state index in [2.05, 4.69) is 18.7 Å². The van der Waals surface area contributed by atoms with E-state index in [0.29, 0.717) is 18.3 Å². The van der Waals surface area contributed by atoms with Crippen molar-refractivity contribution in [1.82, 2.24) is 4.90 Å². The summed E-state index contributed by atoms with van der Waals surface area (Å²) in [6.07, 6.45) is 0.497. The normalized spacial score (nSPS) is 14.6. The minimum atomic E-state index is -0.547. The Kier molecular flexibility index (Phi) is 6.09. The molecule has 0 spiro atoms. The molecule has 0 saturated heterocycles. The standard InChI is InChI=1S/C14H22FNO2/c1-4-11(2)16(3)9-13(17)10-18-14-7-5-12(15)6-8-14/h5-8,11,13,17H,4,9-10H2,1-3H3. The van der Waals surface area contributed by atoms with Gasteiger partial charge >= 0.3 is 0 Å². The van der Waals surface area contributed by atoms with Crippen molar-refractivity contribution in [3.05, 3.63) is 30.1 Å². The molecular weight excluding hydrogens is 233 g/mol. The van der Waals surface area contributed by atoms with Gasteiger partial charge in [0, 0.05) is 12.6 Å². The number of aliphatic hydroxyl groups excluding tert-OH is 1. The first kappa shape index (κ1) is 14.9. The lowest BCUT2D eigenvalue weighted by Crippen LogP contribution is -2.38. The Bertz CT molecular complexity index is 342. The summed E-state index contributed by atoms with van der Waals surface area (Å²) >= 11 is 0. The van der Waals surface area contributed by atoms with E-state index in [1.165, 1.54) is 12.1 Å². The summed E-state index contributed by atoms with van der Waals surface area (Å²) in [5.41, 5.74) is 0. The minimum absolute atomic E-state index is 0.215. The second-order valence-corrected chi connectivity index (χ2v) is 4.62. The van der Waals surface area contributed by atoms with Gasteiger partial charge in [-0.15, -0.1) is 0 Å². The number of hydrogen-bond acceptors (Lipinski definition) is 3. The van der Waals surface area contributed by atoms with E-state index in [-0.39, 0.29) is 12.4 Å². The maximum Gasteiger partial charge on any atom is 0.123 e. The van der Waals surface area contributed by atoms with Crippen LogP contribution in [0.4, 0.5) is 4.39 Å². The first-order valence-corrected chi connectivity index (χ1v) is 6.29. The highest BCUT2D eigenvalue weighted by molar-refractivity contribution is 5.22. The van der Waals surface area contributed by atoms with Crippen molar-refractivity contribution in [2.75, 3.05) is 20.2 Å². The Morgan fingerprint density at radius 1 is 1.33 bits per heavy atom. The van der Waals surface area contributed by atoms with E-state index in [9.17, 15) is 9.50 Å². The van der Waals surface area contributed by atoms with Gasteiger partial charge in [-0.3, -0.25) is 0 Å². The van der Waals surface area contributed by atoms with Crippen molar-refractivity contribution < 1.29 is 14.2 Å². The van der Waals surface area contributed by atoms with Crippen molar-refractivity contribution in [2.45, 2.75) is 32.4 Å². The molecule has 2 atom stereocenters. The van der Waals surface area contributed by atoms with Crippen LogP contribution in [-0.4, -0.2) is 42.4 Å². The second-order valence-electron chi connectivity index (χ2n) is 4.62. The zero-order chi connectivity index (χ0) is 13.5. The van der Waals surface area contributed by atoms with Crippen molar-refractivity contribution in [3.63, 3.8) is 0 Å². The first-order chi connectivity index (χ1) is 8.52. The van der Waals surface area contributed by atoms with Gasteiger partial charge in [-0.25, -0.2) is 4.39 Å². The molecule has 0 aliphatic carbocycles. The lowest BCUT2D eigenvalue weighted by atomic mass is 10.2. The van der Waals surface area contributed by atoms with Crippen molar-refractivity contribution >= 4 is 0 Å². The Balaban J connectivity index is 2.32. The molecule has 1 rings (SSSR count). The van der Waals surface area contributed by atoms with Crippen molar-refractivity contribution in [3.8, 4) is 5.75 Å². The van der Waals surface area contributed by atoms with Crippen LogP contribution in [0, 0.1) is 5.82 Å². The molecule has 3 nitrogen and oxygen atoms in total. The van der Waals surface area contributed by atoms with Crippen LogP contribution in [0.2, 0.25) is 0 Å². The van der Waals surface area contributed by atoms with Crippen LogP contribution in [0.1, 0.15) is 20.3 Å². The molecule has 0 aromatic heterocycles. The Morgan fingerprint density at radius 2 is 1.94 bits per heavy atom. The van der Waals surface area contributed by atoms with E-state index >= 15 is 0 Å². The fourth-order valence-electron chi connectivity index (χ4n) is 1.60. The molecule has 0 amide bonds. The summed E-state index contributed by atoms with van der Waals surface area (Å²) in [6, 6.07) is 6.23. The van der Waals surface area contributed by atoms with Gasteiger partial charge in [-0.05, 0) is 44.7 Å². The molecule has 1 N–H and O–H groups in total. The molecular formula is C14H22FNO2. The molecule has 0 fully saturated rings. The van der Waals surface area contributed by atoms with Crippen LogP contribution in [0.15, 0.2) is 24.3 Å². The van der Waals surface area contributed by atoms with Crippen LogP contribution < -0.4 is 4.74 Å². The monoisotopic (exact) mass is 255 g/mol. The van der Waals surface area contributed by atoms with Crippen molar-refractivity contribution in [1.29, 1.82) is 0 Å². The fraction of sp³-hybridized carbons (Fsp3) is 0.571. The van der Waals surface area contributed by atoms with Crippen LogP contribution in [0.3, 0.4) is 0 Å². The van der Waals surface area contributed by atoms with Gasteiger partial charge in [-0.2, -0.15) is 0 Å². The van der Waals surface area contributed by atoms with Crippen LogP contribution in [-0.2, 0) is 0 Å². The average Bonchev–Trinajstić information content (AvgIpc) is 2.37. The van der Waals surface area contributed by atoms with Gasteiger partial charge in [0.25, 0.3) is 0 Å². The first-order valence-electron chi connectivity index (χ1n) is 6.29. The van der Waals surface area contributed by atoms with Gasteiger partial charge in [-0.1, -0.05) is 6.92 Å². The highest BCUT2D eigenvalue weighted by atomic mass is 19.1. The summed E-state index contributed by atoms with van der Waals surface area (Å²) in [4.78, 5) is 2.10. The molecule has 1 aromatic carbocycles. The van der Waals surface area contributed by atoms with E-state index < -0.39 is 6.10 Å². The maximum absolute atomic E-state index is 12.7. The molecule has 0 heterocycles. The zero-order valence-electron chi connectivity index (χ0n) is 11.3. The number of halogens is 1. The van der Waals surface area contributed by atoms with E-state index in [1.54, 1.807) is 12.1 Å². The predicted octanol–water partition coefficient (Wildman–Crippen LogP) is 2.30. The molecule has 102 valence electrons. The number of aliphatic hydroxyl groups is 1. The third-order valence-corrected chi connectivity index (χ3v) is 3.10. The van der Waals surface area contributed by atoms with Gasteiger partial charge in [0.05, 0.1) is 0 Å². The van der Waals surface area contributed by atoms with E-state index in [1.807, 2.05) is 7.05 Å². The number of rotatable bonds is 7. The smallest absolute Gasteiger partial charge is 0.123 e. The topological polar surface area (TPSA) is 32.7 Å². The second kappa shape index (κ2) is 7.34. The molecule has 0 saturated carbocycles. The number of nitrogens with zero attached hydrogens (tertiary/aromatic N) is 1. The van der Waals surface area contributed by atoms with Crippen LogP contribution in [0.5, 0.6) is 5.75 Å². The highest BCUT2D eigenvalue weighted by Crippen LogP contribution is 2.11. The Hall–Kier alpha value is -1.13. The molecule has 4 heteroatoms. The molecule has 2 unspecified atom stereocenters. The van der Waals surface area contributed by atoms with E-state index in [4.69, 9.17) is 4.74 Å². The predicted molar refractivity (Wildman–Crippen MR) is 70.3 cm³/mol. The summed E-state index contributed by atoms with van der Waals surface area (Å²) in [7, 11) is 1.98. The Morgan fingerprint density at radius 3 is 2.50 bits per heavy atom. The molecule has 1 aromatic rings. The average molecular weight is 255 g/mol. The summed E-state index contributed by atoms with van der Waals surface area (Å²) < 4.78 is 18.1. The SMILES string of the molecule is CCC(C)N(C)CC(O)COc1ccc(F)cc1. The van der Waals surface area contributed by atoms with Crippen molar-refractivity contribution in [2.24, 2.45) is 0 Å². The molecule has 0 radical (unpaired) electrons. The largest absolute Gasteiger partial charge is 0.491 e. The van der Waals surface area contributed by atoms with Crippen LogP contribution in [0.25, 0.3) is 0 Å². The number of likely N-dealkylation sites (N-methyl/N-ethyl adjacent to an activating group) is 1. The number of ether oxygens (including phenoxy) is 1. The molecule has 0 aliphatic heterocycles. The lowest BCUT2D eigenvalue weighted by molar-refractivity contribution is 0.0649. The van der Waals surface area contributed by atoms with Crippen LogP contribution >= 0.6 is 0 Å². The van der Waals surface area contributed by atoms with Gasteiger partial charge < -0.3 is 14.7 Å². The fourth-order valence-corrected chi connectivity index (χ4v) is 1.60. The molecule has 0 aliphatic rings. The van der Waals surface area contributed by atoms with Gasteiger partial charge in [0.1, 0.15) is 24.3 Å². The quantitative estimate of drug-likeness (QED) is 0.811. The highest BCUT2D eigenvalue weighted by Gasteiger charge is 2.12. The molecule has 0 bridgehead atoms. The number of hydrogen-bond donors (Lipinski definition) is 1. The summed E-state index contributed by atoms with van der Waals surface area (Å²) in [5, 5.41) is 9.84. The Labute approximate surface area is 108 Å². The minimum Gasteiger partial charge on any atom is -0.491 e. The third-order valence-electron chi connectivity index (χ3n) is 3.10.